The summed E-state index contributed by atoms with van der Waals surface area (Å²) in [7, 11) is 0. The number of nitro groups is 1. The van der Waals surface area contributed by atoms with Crippen molar-refractivity contribution in [2.75, 3.05) is 0 Å². The van der Waals surface area contributed by atoms with Gasteiger partial charge in [-0.3, -0.25) is 10.1 Å². The summed E-state index contributed by atoms with van der Waals surface area (Å²) in [5.74, 6) is 0.384. The van der Waals surface area contributed by atoms with Crippen molar-refractivity contribution in [2.24, 2.45) is 0 Å². The van der Waals surface area contributed by atoms with Gasteiger partial charge in [0.1, 0.15) is 0 Å². The molecule has 0 unspecified atom stereocenters. The second-order valence-corrected chi connectivity index (χ2v) is 5.52. The van der Waals surface area contributed by atoms with E-state index in [2.05, 4.69) is 15.9 Å². The maximum absolute atomic E-state index is 11.0. The summed E-state index contributed by atoms with van der Waals surface area (Å²) in [4.78, 5) is 10.6. The third-order valence-electron chi connectivity index (χ3n) is 3.21. The normalized spacial score (nSPS) is 17.2. The molecule has 1 aromatic rings. The van der Waals surface area contributed by atoms with Crippen molar-refractivity contribution >= 4 is 21.6 Å². The Hall–Kier alpha value is -1.10. The van der Waals surface area contributed by atoms with Gasteiger partial charge in [0.05, 0.1) is 11.0 Å². The zero-order valence-corrected chi connectivity index (χ0v) is 11.7. The lowest BCUT2D eigenvalue weighted by Gasteiger charge is -2.16. The van der Waals surface area contributed by atoms with Gasteiger partial charge in [-0.25, -0.2) is 0 Å². The van der Waals surface area contributed by atoms with E-state index in [1.54, 1.807) is 12.1 Å². The predicted octanol–water partition coefficient (Wildman–Crippen LogP) is 4.46. The van der Waals surface area contributed by atoms with E-state index in [0.29, 0.717) is 10.2 Å². The van der Waals surface area contributed by atoms with Crippen LogP contribution < -0.4 is 4.74 Å². The van der Waals surface area contributed by atoms with Gasteiger partial charge >= 0.3 is 5.69 Å². The molecular formula is C13H16BrNO3. The smallest absolute Gasteiger partial charge is 0.312 e. The molecule has 0 saturated heterocycles. The van der Waals surface area contributed by atoms with Crippen molar-refractivity contribution in [3.63, 3.8) is 0 Å². The van der Waals surface area contributed by atoms with Crippen LogP contribution in [-0.4, -0.2) is 11.0 Å². The molecular weight excluding hydrogens is 298 g/mol. The van der Waals surface area contributed by atoms with Crippen LogP contribution in [0.5, 0.6) is 5.75 Å². The molecule has 0 aliphatic heterocycles. The van der Waals surface area contributed by atoms with Gasteiger partial charge in [-0.15, -0.1) is 0 Å². The quantitative estimate of drug-likeness (QED) is 0.470. The van der Waals surface area contributed by atoms with Gasteiger partial charge in [-0.2, -0.15) is 0 Å². The zero-order chi connectivity index (χ0) is 13.0. The lowest BCUT2D eigenvalue weighted by molar-refractivity contribution is -0.386. The van der Waals surface area contributed by atoms with Crippen LogP contribution in [0.25, 0.3) is 0 Å². The van der Waals surface area contributed by atoms with Crippen LogP contribution in [0, 0.1) is 10.1 Å². The van der Waals surface area contributed by atoms with Crippen LogP contribution in [0.2, 0.25) is 0 Å². The fourth-order valence-electron chi connectivity index (χ4n) is 2.27. The number of benzene rings is 1. The summed E-state index contributed by atoms with van der Waals surface area (Å²) >= 11 is 3.24. The predicted molar refractivity (Wildman–Crippen MR) is 72.9 cm³/mol. The first kappa shape index (κ1) is 13.3. The fourth-order valence-corrected chi connectivity index (χ4v) is 2.62. The summed E-state index contributed by atoms with van der Waals surface area (Å²) in [6, 6.07) is 4.94. The molecule has 1 fully saturated rings. The van der Waals surface area contributed by atoms with Gasteiger partial charge in [-0.05, 0) is 37.8 Å². The van der Waals surface area contributed by atoms with Crippen molar-refractivity contribution in [2.45, 2.75) is 44.6 Å². The number of rotatable bonds is 3. The summed E-state index contributed by atoms with van der Waals surface area (Å²) in [5.41, 5.74) is 0.0358. The molecule has 4 nitrogen and oxygen atoms in total. The third kappa shape index (κ3) is 3.45. The molecule has 0 atom stereocenters. The molecule has 0 heterocycles. The lowest BCUT2D eigenvalue weighted by Crippen LogP contribution is -2.15. The molecule has 5 heteroatoms. The molecule has 0 spiro atoms. The molecule has 1 aliphatic rings. The van der Waals surface area contributed by atoms with E-state index in [9.17, 15) is 10.1 Å². The minimum Gasteiger partial charge on any atom is -0.484 e. The average Bonchev–Trinajstić information content (AvgIpc) is 2.60. The Labute approximate surface area is 115 Å². The average molecular weight is 314 g/mol. The van der Waals surface area contributed by atoms with Gasteiger partial charge in [0.25, 0.3) is 0 Å². The highest BCUT2D eigenvalue weighted by atomic mass is 79.9. The van der Waals surface area contributed by atoms with E-state index in [0.717, 1.165) is 25.7 Å². The Bertz CT molecular complexity index is 428. The molecule has 1 aromatic carbocycles. The molecule has 98 valence electrons. The van der Waals surface area contributed by atoms with Gasteiger partial charge in [0.2, 0.25) is 0 Å². The maximum Gasteiger partial charge on any atom is 0.312 e. The van der Waals surface area contributed by atoms with Crippen molar-refractivity contribution in [1.82, 2.24) is 0 Å². The van der Waals surface area contributed by atoms with E-state index in [-0.39, 0.29) is 11.8 Å². The minimum atomic E-state index is -0.392. The van der Waals surface area contributed by atoms with Gasteiger partial charge in [0, 0.05) is 10.5 Å². The van der Waals surface area contributed by atoms with Crippen LogP contribution >= 0.6 is 15.9 Å². The summed E-state index contributed by atoms with van der Waals surface area (Å²) in [5, 5.41) is 11.0. The fraction of sp³-hybridized carbons (Fsp3) is 0.538. The van der Waals surface area contributed by atoms with E-state index < -0.39 is 4.92 Å². The molecule has 1 saturated carbocycles. The molecule has 0 bridgehead atoms. The van der Waals surface area contributed by atoms with Crippen molar-refractivity contribution in [3.8, 4) is 5.75 Å². The Balaban J connectivity index is 2.14. The second-order valence-electron chi connectivity index (χ2n) is 4.60. The van der Waals surface area contributed by atoms with Crippen molar-refractivity contribution in [3.05, 3.63) is 32.8 Å². The van der Waals surface area contributed by atoms with Crippen LogP contribution in [0.15, 0.2) is 22.7 Å². The molecule has 0 radical (unpaired) electrons. The van der Waals surface area contributed by atoms with E-state index in [1.165, 1.54) is 18.9 Å². The zero-order valence-electron chi connectivity index (χ0n) is 10.1. The number of ether oxygens (including phenoxy) is 1. The highest BCUT2D eigenvalue weighted by Gasteiger charge is 2.20. The summed E-state index contributed by atoms with van der Waals surface area (Å²) < 4.78 is 6.52. The van der Waals surface area contributed by atoms with Crippen LogP contribution in [0.4, 0.5) is 5.69 Å². The van der Waals surface area contributed by atoms with E-state index in [1.807, 2.05) is 0 Å². The van der Waals surface area contributed by atoms with Crippen LogP contribution in [0.3, 0.4) is 0 Å². The monoisotopic (exact) mass is 313 g/mol. The number of halogens is 1. The Kier molecular flexibility index (Phi) is 4.58. The molecule has 0 amide bonds. The van der Waals surface area contributed by atoms with E-state index >= 15 is 0 Å². The SMILES string of the molecule is O=[N+]([O-])c1cc(Br)ccc1OC1CCCCCC1. The summed E-state index contributed by atoms with van der Waals surface area (Å²) in [6.45, 7) is 0. The highest BCUT2D eigenvalue weighted by Crippen LogP contribution is 2.32. The van der Waals surface area contributed by atoms with Gasteiger partial charge in [-0.1, -0.05) is 28.8 Å². The molecule has 0 N–H and O–H groups in total. The van der Waals surface area contributed by atoms with Crippen molar-refractivity contribution in [1.29, 1.82) is 0 Å². The molecule has 2 rings (SSSR count). The van der Waals surface area contributed by atoms with Crippen LogP contribution in [0.1, 0.15) is 38.5 Å². The number of hydrogen-bond donors (Lipinski definition) is 0. The topological polar surface area (TPSA) is 52.4 Å². The molecule has 1 aliphatic carbocycles. The Morgan fingerprint density at radius 3 is 2.50 bits per heavy atom. The Morgan fingerprint density at radius 2 is 1.89 bits per heavy atom. The first-order chi connectivity index (χ1) is 8.66. The number of nitrogens with zero attached hydrogens (tertiary/aromatic N) is 1. The van der Waals surface area contributed by atoms with Crippen molar-refractivity contribution < 1.29 is 9.66 Å². The van der Waals surface area contributed by atoms with E-state index in [4.69, 9.17) is 4.74 Å². The van der Waals surface area contributed by atoms with Gasteiger partial charge in [0.15, 0.2) is 5.75 Å². The first-order valence-corrected chi connectivity index (χ1v) is 7.07. The third-order valence-corrected chi connectivity index (χ3v) is 3.71. The van der Waals surface area contributed by atoms with Gasteiger partial charge < -0.3 is 4.74 Å². The highest BCUT2D eigenvalue weighted by molar-refractivity contribution is 9.10. The standard InChI is InChI=1S/C13H16BrNO3/c14-10-7-8-13(12(9-10)15(16)17)18-11-5-3-1-2-4-6-11/h7-9,11H,1-6H2. The number of nitro benzene ring substituents is 1. The largest absolute Gasteiger partial charge is 0.484 e. The van der Waals surface area contributed by atoms with Crippen LogP contribution in [-0.2, 0) is 0 Å². The first-order valence-electron chi connectivity index (χ1n) is 6.27. The molecule has 0 aromatic heterocycles. The lowest BCUT2D eigenvalue weighted by atomic mass is 10.1. The minimum absolute atomic E-state index is 0.0358. The Morgan fingerprint density at radius 1 is 1.22 bits per heavy atom. The maximum atomic E-state index is 11.0. The second kappa shape index (κ2) is 6.18. The number of hydrogen-bond acceptors (Lipinski definition) is 3. The molecule has 18 heavy (non-hydrogen) atoms. The summed E-state index contributed by atoms with van der Waals surface area (Å²) in [6.07, 6.45) is 6.88.